The fraction of sp³-hybridized carbons (Fsp3) is 0.667. The van der Waals surface area contributed by atoms with Gasteiger partial charge in [-0.15, -0.1) is 0 Å². The van der Waals surface area contributed by atoms with Crippen LogP contribution in [-0.4, -0.2) is 38.5 Å². The predicted molar refractivity (Wildman–Crippen MR) is 46.4 cm³/mol. The zero-order valence-corrected chi connectivity index (χ0v) is 8.46. The van der Waals surface area contributed by atoms with Crippen LogP contribution < -0.4 is 0 Å². The first-order valence-electron chi connectivity index (χ1n) is 3.88. The monoisotopic (exact) mass is 242 g/mol. The second-order valence-electron chi connectivity index (χ2n) is 2.87. The number of hydrogen-bond acceptors (Lipinski definition) is 5. The van der Waals surface area contributed by atoms with Gasteiger partial charge in [-0.05, 0) is 6.42 Å². The van der Waals surface area contributed by atoms with Gasteiger partial charge < -0.3 is 15.1 Å². The van der Waals surface area contributed by atoms with Crippen LogP contribution in [0.4, 0.5) is 0 Å². The molecule has 0 saturated heterocycles. The van der Waals surface area contributed by atoms with Crippen molar-refractivity contribution >= 4 is 19.5 Å². The highest BCUT2D eigenvalue weighted by Crippen LogP contribution is 2.43. The van der Waals surface area contributed by atoms with E-state index in [1.165, 1.54) is 0 Å². The Balaban J connectivity index is 4.35. The molecule has 0 aliphatic rings. The molecule has 0 aromatic heterocycles. The van der Waals surface area contributed by atoms with E-state index in [-0.39, 0.29) is 6.42 Å². The van der Waals surface area contributed by atoms with Crippen LogP contribution in [0.1, 0.15) is 12.8 Å². The fourth-order valence-corrected chi connectivity index (χ4v) is 1.86. The quantitative estimate of drug-likeness (QED) is 0.282. The lowest BCUT2D eigenvalue weighted by atomic mass is 10.1. The Morgan fingerprint density at radius 3 is 2.20 bits per heavy atom. The smallest absolute Gasteiger partial charge is 0.356 e. The second-order valence-corrected chi connectivity index (χ2v) is 4.67. The summed E-state index contributed by atoms with van der Waals surface area (Å²) in [5.41, 5.74) is 0. The van der Waals surface area contributed by atoms with Crippen LogP contribution >= 0.6 is 7.60 Å². The normalized spacial score (nSPS) is 16.7. The minimum Gasteiger partial charge on any atom is -0.481 e. The third-order valence-corrected chi connectivity index (χ3v) is 2.79. The molecular formula is C6H11O8P. The first-order valence-corrected chi connectivity index (χ1v) is 5.64. The maximum Gasteiger partial charge on any atom is 0.356 e. The van der Waals surface area contributed by atoms with Crippen LogP contribution in [-0.2, 0) is 18.8 Å². The predicted octanol–water partition coefficient (Wildman–Crippen LogP) is 0.227. The Bertz CT molecular complexity index is 287. The van der Waals surface area contributed by atoms with Gasteiger partial charge in [-0.2, -0.15) is 4.67 Å². The number of rotatable bonds is 7. The maximum atomic E-state index is 10.8. The van der Waals surface area contributed by atoms with Gasteiger partial charge in [0.1, 0.15) is 0 Å². The highest BCUT2D eigenvalue weighted by Gasteiger charge is 2.30. The molecule has 2 atom stereocenters. The van der Waals surface area contributed by atoms with E-state index in [0.29, 0.717) is 0 Å². The summed E-state index contributed by atoms with van der Waals surface area (Å²) in [6.07, 6.45) is -1.58. The van der Waals surface area contributed by atoms with Crippen molar-refractivity contribution in [2.45, 2.75) is 12.8 Å². The van der Waals surface area contributed by atoms with Gasteiger partial charge in [0.2, 0.25) is 0 Å². The third-order valence-electron chi connectivity index (χ3n) is 1.63. The number of hydrogen-bond donors (Lipinski definition) is 4. The number of carbonyl (C=O) groups is 2. The lowest BCUT2D eigenvalue weighted by molar-refractivity contribution is -0.149. The molecular weight excluding hydrogens is 231 g/mol. The SMILES string of the molecule is O=C(O)CCC(CP(=O)(O)OO)C(=O)O. The number of aliphatic carboxylic acids is 2. The summed E-state index contributed by atoms with van der Waals surface area (Å²) in [6, 6.07) is 0. The fourth-order valence-electron chi connectivity index (χ4n) is 0.902. The van der Waals surface area contributed by atoms with Crippen molar-refractivity contribution in [1.82, 2.24) is 0 Å². The summed E-state index contributed by atoms with van der Waals surface area (Å²) in [6.45, 7) is 0. The molecule has 8 nitrogen and oxygen atoms in total. The standard InChI is InChI=1S/C6H11O8P/c7-5(8)2-1-4(6(9)10)3-15(12,13)14-11/h4,11H,1-3H2,(H,7,8)(H,9,10)(H,12,13). The van der Waals surface area contributed by atoms with E-state index in [4.69, 9.17) is 20.4 Å². The van der Waals surface area contributed by atoms with Gasteiger partial charge in [0, 0.05) is 6.42 Å². The van der Waals surface area contributed by atoms with Crippen LogP contribution in [0.15, 0.2) is 0 Å². The van der Waals surface area contributed by atoms with Crippen molar-refractivity contribution in [2.75, 3.05) is 6.16 Å². The van der Waals surface area contributed by atoms with E-state index in [2.05, 4.69) is 4.67 Å². The average molecular weight is 242 g/mol. The van der Waals surface area contributed by atoms with Gasteiger partial charge >= 0.3 is 19.5 Å². The van der Waals surface area contributed by atoms with Crippen LogP contribution in [0, 0.1) is 5.92 Å². The molecule has 0 heterocycles. The zero-order valence-electron chi connectivity index (χ0n) is 7.57. The summed E-state index contributed by atoms with van der Waals surface area (Å²) >= 11 is 0. The van der Waals surface area contributed by atoms with Gasteiger partial charge in [0.05, 0.1) is 12.1 Å². The maximum absolute atomic E-state index is 10.8. The van der Waals surface area contributed by atoms with E-state index in [0.717, 1.165) is 0 Å². The van der Waals surface area contributed by atoms with E-state index < -0.39 is 38.0 Å². The molecule has 0 spiro atoms. The van der Waals surface area contributed by atoms with E-state index in [1.54, 1.807) is 0 Å². The molecule has 2 unspecified atom stereocenters. The molecule has 0 aromatic carbocycles. The lowest BCUT2D eigenvalue weighted by Gasteiger charge is -2.13. The van der Waals surface area contributed by atoms with Crippen molar-refractivity contribution < 1.29 is 39.2 Å². The van der Waals surface area contributed by atoms with Crippen molar-refractivity contribution in [3.05, 3.63) is 0 Å². The van der Waals surface area contributed by atoms with Crippen LogP contribution in [0.3, 0.4) is 0 Å². The molecule has 0 saturated carbocycles. The summed E-state index contributed by atoms with van der Waals surface area (Å²) < 4.78 is 14.0. The molecule has 0 aliphatic heterocycles. The third kappa shape index (κ3) is 6.19. The van der Waals surface area contributed by atoms with Gasteiger partial charge in [-0.1, -0.05) is 0 Å². The van der Waals surface area contributed by atoms with Gasteiger partial charge in [0.15, 0.2) is 0 Å². The number of carboxylic acid groups (broad SMARTS) is 2. The summed E-state index contributed by atoms with van der Waals surface area (Å²) in [4.78, 5) is 29.5. The first-order chi connectivity index (χ1) is 6.78. The van der Waals surface area contributed by atoms with Crippen molar-refractivity contribution in [3.8, 4) is 0 Å². The molecule has 4 N–H and O–H groups in total. The van der Waals surface area contributed by atoms with Gasteiger partial charge in [-0.25, -0.2) is 5.26 Å². The summed E-state index contributed by atoms with van der Waals surface area (Å²) in [7, 11) is -4.36. The Labute approximate surface area is 84.6 Å². The van der Waals surface area contributed by atoms with Crippen molar-refractivity contribution in [2.24, 2.45) is 5.92 Å². The Kier molecular flexibility index (Phi) is 5.45. The summed E-state index contributed by atoms with van der Waals surface area (Å²) in [5.74, 6) is -3.97. The van der Waals surface area contributed by atoms with Gasteiger partial charge in [0.25, 0.3) is 0 Å². The minimum absolute atomic E-state index is 0.307. The molecule has 0 bridgehead atoms. The molecule has 0 rings (SSSR count). The summed E-state index contributed by atoms with van der Waals surface area (Å²) in [5, 5.41) is 24.9. The number of carboxylic acids is 2. The molecule has 0 fully saturated rings. The van der Waals surface area contributed by atoms with E-state index in [9.17, 15) is 14.2 Å². The van der Waals surface area contributed by atoms with Gasteiger partial charge in [-0.3, -0.25) is 14.2 Å². The van der Waals surface area contributed by atoms with E-state index in [1.807, 2.05) is 0 Å². The topological polar surface area (TPSA) is 141 Å². The average Bonchev–Trinajstić information content (AvgIpc) is 2.11. The molecule has 9 heteroatoms. The van der Waals surface area contributed by atoms with Crippen LogP contribution in [0.25, 0.3) is 0 Å². The Morgan fingerprint density at radius 1 is 1.33 bits per heavy atom. The van der Waals surface area contributed by atoms with Crippen molar-refractivity contribution in [1.29, 1.82) is 0 Å². The minimum atomic E-state index is -4.36. The molecule has 0 aliphatic carbocycles. The van der Waals surface area contributed by atoms with Crippen molar-refractivity contribution in [3.63, 3.8) is 0 Å². The molecule has 0 amide bonds. The molecule has 15 heavy (non-hydrogen) atoms. The first kappa shape index (κ1) is 14.1. The highest BCUT2D eigenvalue weighted by molar-refractivity contribution is 7.52. The Morgan fingerprint density at radius 2 is 1.87 bits per heavy atom. The largest absolute Gasteiger partial charge is 0.481 e. The van der Waals surface area contributed by atoms with Crippen LogP contribution in [0.2, 0.25) is 0 Å². The molecule has 0 radical (unpaired) electrons. The molecule has 88 valence electrons. The highest BCUT2D eigenvalue weighted by atomic mass is 31.2. The lowest BCUT2D eigenvalue weighted by Crippen LogP contribution is -2.19. The zero-order chi connectivity index (χ0) is 12.1. The molecule has 0 aromatic rings. The van der Waals surface area contributed by atoms with Crippen LogP contribution in [0.5, 0.6) is 0 Å². The Hall–Kier alpha value is -0.950. The van der Waals surface area contributed by atoms with E-state index >= 15 is 0 Å². The second kappa shape index (κ2) is 5.82.